The third kappa shape index (κ3) is 4.45. The van der Waals surface area contributed by atoms with Crippen LogP contribution in [0.3, 0.4) is 0 Å². The van der Waals surface area contributed by atoms with Crippen molar-refractivity contribution in [3.63, 3.8) is 0 Å². The van der Waals surface area contributed by atoms with Crippen molar-refractivity contribution < 1.29 is 18.7 Å². The van der Waals surface area contributed by atoms with E-state index in [0.717, 1.165) is 5.56 Å². The van der Waals surface area contributed by atoms with Crippen LogP contribution in [0.5, 0.6) is 11.5 Å². The summed E-state index contributed by atoms with van der Waals surface area (Å²) in [4.78, 5) is 11.9. The summed E-state index contributed by atoms with van der Waals surface area (Å²) in [5.41, 5.74) is 0.726. The first-order chi connectivity index (χ1) is 12.1. The van der Waals surface area contributed by atoms with Crippen LogP contribution in [-0.4, -0.2) is 42.1 Å². The summed E-state index contributed by atoms with van der Waals surface area (Å²) in [6.45, 7) is 2.04. The molecule has 134 valence electrons. The fourth-order valence-corrected chi connectivity index (χ4v) is 3.07. The van der Waals surface area contributed by atoms with E-state index in [2.05, 4.69) is 15.5 Å². The van der Waals surface area contributed by atoms with Crippen molar-refractivity contribution in [3.8, 4) is 23.0 Å². The molecule has 1 atom stereocenters. The number of rotatable bonds is 8. The lowest BCUT2D eigenvalue weighted by atomic mass is 10.2. The van der Waals surface area contributed by atoms with Gasteiger partial charge in [0.1, 0.15) is 0 Å². The molecule has 1 heterocycles. The highest BCUT2D eigenvalue weighted by Gasteiger charge is 2.28. The number of methoxy groups -OCH3 is 2. The molecule has 1 aliphatic carbocycles. The predicted molar refractivity (Wildman–Crippen MR) is 93.9 cm³/mol. The molecule has 0 unspecified atom stereocenters. The van der Waals surface area contributed by atoms with Crippen molar-refractivity contribution in [3.05, 3.63) is 18.2 Å². The zero-order valence-corrected chi connectivity index (χ0v) is 15.3. The first-order valence-corrected chi connectivity index (χ1v) is 9.07. The van der Waals surface area contributed by atoms with Gasteiger partial charge in [-0.05, 0) is 43.9 Å². The molecule has 0 spiro atoms. The largest absolute Gasteiger partial charge is 0.493 e. The van der Waals surface area contributed by atoms with Crippen LogP contribution in [0.25, 0.3) is 11.5 Å². The molecule has 1 saturated carbocycles. The molecular weight excluding hydrogens is 342 g/mol. The molecule has 0 bridgehead atoms. The molecule has 0 saturated heterocycles. The summed E-state index contributed by atoms with van der Waals surface area (Å²) in [6, 6.07) is 5.59. The number of thioether (sulfide) groups is 1. The Bertz CT molecular complexity index is 745. The van der Waals surface area contributed by atoms with Gasteiger partial charge < -0.3 is 19.2 Å². The van der Waals surface area contributed by atoms with E-state index in [-0.39, 0.29) is 17.7 Å². The summed E-state index contributed by atoms with van der Waals surface area (Å²) < 4.78 is 16.1. The van der Waals surface area contributed by atoms with E-state index in [1.54, 1.807) is 26.4 Å². The van der Waals surface area contributed by atoms with Crippen molar-refractivity contribution in [1.29, 1.82) is 0 Å². The molecule has 3 rings (SSSR count). The van der Waals surface area contributed by atoms with Gasteiger partial charge in [0.15, 0.2) is 11.5 Å². The maximum absolute atomic E-state index is 11.9. The minimum Gasteiger partial charge on any atom is -0.493 e. The second-order valence-corrected chi connectivity index (χ2v) is 6.85. The summed E-state index contributed by atoms with van der Waals surface area (Å²) in [6.07, 6.45) is 2.40. The van der Waals surface area contributed by atoms with Gasteiger partial charge >= 0.3 is 0 Å². The molecule has 1 aromatic carbocycles. The highest BCUT2D eigenvalue weighted by Crippen LogP contribution is 2.33. The SMILES string of the molecule is COc1ccc(-c2nnc(SCC(=O)N[C@H](C)C3CC3)o2)cc1OC. The van der Waals surface area contributed by atoms with E-state index in [9.17, 15) is 4.79 Å². The minimum atomic E-state index is -0.0183. The first-order valence-electron chi connectivity index (χ1n) is 8.08. The van der Waals surface area contributed by atoms with Crippen molar-refractivity contribution >= 4 is 17.7 Å². The van der Waals surface area contributed by atoms with Crippen LogP contribution in [0, 0.1) is 5.92 Å². The van der Waals surface area contributed by atoms with Crippen LogP contribution < -0.4 is 14.8 Å². The highest BCUT2D eigenvalue weighted by atomic mass is 32.2. The summed E-state index contributed by atoms with van der Waals surface area (Å²) in [5, 5.41) is 11.4. The monoisotopic (exact) mass is 363 g/mol. The fourth-order valence-electron chi connectivity index (χ4n) is 2.49. The van der Waals surface area contributed by atoms with E-state index < -0.39 is 0 Å². The molecule has 0 aliphatic heterocycles. The lowest BCUT2D eigenvalue weighted by Gasteiger charge is -2.11. The average molecular weight is 363 g/mol. The molecule has 7 nitrogen and oxygen atoms in total. The Morgan fingerprint density at radius 1 is 1.32 bits per heavy atom. The molecule has 8 heteroatoms. The zero-order chi connectivity index (χ0) is 17.8. The van der Waals surface area contributed by atoms with E-state index in [0.29, 0.717) is 28.5 Å². The average Bonchev–Trinajstić information content (AvgIpc) is 3.38. The Labute approximate surface area is 150 Å². The Kier molecular flexibility index (Phi) is 5.47. The zero-order valence-electron chi connectivity index (χ0n) is 14.4. The molecule has 25 heavy (non-hydrogen) atoms. The number of aromatic nitrogens is 2. The van der Waals surface area contributed by atoms with Gasteiger partial charge in [0.2, 0.25) is 11.8 Å². The van der Waals surface area contributed by atoms with E-state index in [4.69, 9.17) is 13.9 Å². The molecule has 1 fully saturated rings. The number of nitrogens with zero attached hydrogens (tertiary/aromatic N) is 2. The smallest absolute Gasteiger partial charge is 0.277 e. The summed E-state index contributed by atoms with van der Waals surface area (Å²) >= 11 is 1.23. The lowest BCUT2D eigenvalue weighted by molar-refractivity contribution is -0.119. The van der Waals surface area contributed by atoms with Crippen molar-refractivity contribution in [2.75, 3.05) is 20.0 Å². The number of benzene rings is 1. The molecule has 1 amide bonds. The van der Waals surface area contributed by atoms with E-state index in [1.807, 2.05) is 13.0 Å². The predicted octanol–water partition coefficient (Wildman–Crippen LogP) is 2.76. The highest BCUT2D eigenvalue weighted by molar-refractivity contribution is 7.99. The summed E-state index contributed by atoms with van der Waals surface area (Å²) in [5.74, 6) is 2.45. The van der Waals surface area contributed by atoms with Gasteiger partial charge in [0, 0.05) is 11.6 Å². The van der Waals surface area contributed by atoms with Crippen LogP contribution in [0.4, 0.5) is 0 Å². The minimum absolute atomic E-state index is 0.0183. The van der Waals surface area contributed by atoms with Gasteiger partial charge in [0.05, 0.1) is 20.0 Å². The van der Waals surface area contributed by atoms with Crippen LogP contribution in [0.15, 0.2) is 27.8 Å². The Morgan fingerprint density at radius 2 is 2.08 bits per heavy atom. The normalized spacial score (nSPS) is 14.8. The van der Waals surface area contributed by atoms with Crippen LogP contribution in [0.1, 0.15) is 19.8 Å². The van der Waals surface area contributed by atoms with Gasteiger partial charge in [-0.25, -0.2) is 0 Å². The molecular formula is C17H21N3O4S. The first kappa shape index (κ1) is 17.6. The number of nitrogens with one attached hydrogen (secondary N) is 1. The summed E-state index contributed by atoms with van der Waals surface area (Å²) in [7, 11) is 3.14. The maximum Gasteiger partial charge on any atom is 0.277 e. The van der Waals surface area contributed by atoms with Crippen LogP contribution >= 0.6 is 11.8 Å². The quantitative estimate of drug-likeness (QED) is 0.722. The van der Waals surface area contributed by atoms with Gasteiger partial charge in [-0.3, -0.25) is 4.79 Å². The van der Waals surface area contributed by atoms with E-state index >= 15 is 0 Å². The van der Waals surface area contributed by atoms with Gasteiger partial charge in [-0.2, -0.15) is 0 Å². The van der Waals surface area contributed by atoms with Crippen molar-refractivity contribution in [2.24, 2.45) is 5.92 Å². The third-order valence-corrected chi connectivity index (χ3v) is 4.90. The Hall–Kier alpha value is -2.22. The Morgan fingerprint density at radius 3 is 2.76 bits per heavy atom. The maximum atomic E-state index is 11.9. The Balaban J connectivity index is 1.59. The topological polar surface area (TPSA) is 86.5 Å². The fraction of sp³-hybridized carbons (Fsp3) is 0.471. The van der Waals surface area contributed by atoms with Gasteiger partial charge in [-0.1, -0.05) is 11.8 Å². The number of carbonyl (C=O) groups excluding carboxylic acids is 1. The number of ether oxygens (including phenoxy) is 2. The molecule has 1 aromatic heterocycles. The van der Waals surface area contributed by atoms with Gasteiger partial charge in [-0.15, -0.1) is 10.2 Å². The number of hydrogen-bond acceptors (Lipinski definition) is 7. The van der Waals surface area contributed by atoms with Crippen LogP contribution in [-0.2, 0) is 4.79 Å². The molecule has 2 aromatic rings. The number of hydrogen-bond donors (Lipinski definition) is 1. The molecule has 1 N–H and O–H groups in total. The second-order valence-electron chi connectivity index (χ2n) is 5.93. The van der Waals surface area contributed by atoms with Crippen molar-refractivity contribution in [1.82, 2.24) is 15.5 Å². The standard InChI is InChI=1S/C17H21N3O4S/c1-10(11-4-5-11)18-15(21)9-25-17-20-19-16(24-17)12-6-7-13(22-2)14(8-12)23-3/h6-8,10-11H,4-5,9H2,1-3H3,(H,18,21)/t10-/m1/s1. The van der Waals surface area contributed by atoms with Crippen molar-refractivity contribution in [2.45, 2.75) is 31.0 Å². The number of carbonyl (C=O) groups is 1. The van der Waals surface area contributed by atoms with E-state index in [1.165, 1.54) is 24.6 Å². The lowest BCUT2D eigenvalue weighted by Crippen LogP contribution is -2.35. The third-order valence-electron chi connectivity index (χ3n) is 4.08. The molecule has 1 aliphatic rings. The second kappa shape index (κ2) is 7.77. The van der Waals surface area contributed by atoms with Crippen LogP contribution in [0.2, 0.25) is 0 Å². The molecule has 0 radical (unpaired) electrons. The number of amides is 1. The van der Waals surface area contributed by atoms with Gasteiger partial charge in [0.25, 0.3) is 5.22 Å².